The second kappa shape index (κ2) is 8.91. The van der Waals surface area contributed by atoms with E-state index in [1.54, 1.807) is 23.1 Å². The van der Waals surface area contributed by atoms with E-state index in [-0.39, 0.29) is 17.8 Å². The number of rotatable bonds is 7. The molecule has 1 aliphatic heterocycles. The molecule has 2 N–H and O–H groups in total. The van der Waals surface area contributed by atoms with E-state index in [1.165, 1.54) is 6.07 Å². The number of aromatic amines is 1. The second-order valence-corrected chi connectivity index (χ2v) is 8.62. The van der Waals surface area contributed by atoms with Crippen LogP contribution in [0.1, 0.15) is 47.9 Å². The molecule has 0 bridgehead atoms. The van der Waals surface area contributed by atoms with E-state index in [9.17, 15) is 9.90 Å². The van der Waals surface area contributed by atoms with Gasteiger partial charge in [-0.05, 0) is 56.2 Å². The number of aromatic nitrogens is 2. The molecule has 1 aliphatic rings. The molecule has 1 aromatic heterocycles. The van der Waals surface area contributed by atoms with Crippen LogP contribution in [0.3, 0.4) is 0 Å². The van der Waals surface area contributed by atoms with Gasteiger partial charge in [0.05, 0.1) is 12.1 Å². The zero-order chi connectivity index (χ0) is 22.1. The van der Waals surface area contributed by atoms with Gasteiger partial charge in [0, 0.05) is 34.3 Å². The van der Waals surface area contributed by atoms with Gasteiger partial charge in [-0.1, -0.05) is 35.3 Å². The van der Waals surface area contributed by atoms with Crippen LogP contribution in [-0.4, -0.2) is 45.4 Å². The van der Waals surface area contributed by atoms with Crippen molar-refractivity contribution in [3.05, 3.63) is 69.3 Å². The zero-order valence-corrected chi connectivity index (χ0v) is 18.7. The minimum absolute atomic E-state index is 0.0415. The average molecular weight is 460 g/mol. The molecular weight excluding hydrogens is 437 g/mol. The number of hydrogen-bond donors (Lipinski definition) is 2. The predicted molar refractivity (Wildman–Crippen MR) is 121 cm³/mol. The normalized spacial score (nSPS) is 15.7. The largest absolute Gasteiger partial charge is 0.507 e. The first-order valence-corrected chi connectivity index (χ1v) is 10.9. The summed E-state index contributed by atoms with van der Waals surface area (Å²) in [6.45, 7) is 5.02. The summed E-state index contributed by atoms with van der Waals surface area (Å²) in [6, 6.07) is 11.8. The van der Waals surface area contributed by atoms with Crippen LogP contribution in [-0.2, 0) is 4.74 Å². The van der Waals surface area contributed by atoms with Crippen molar-refractivity contribution in [1.29, 1.82) is 0 Å². The van der Waals surface area contributed by atoms with E-state index < -0.39 is 6.04 Å². The fourth-order valence-electron chi connectivity index (χ4n) is 3.91. The van der Waals surface area contributed by atoms with E-state index in [4.69, 9.17) is 27.9 Å². The third kappa shape index (κ3) is 4.28. The van der Waals surface area contributed by atoms with Crippen molar-refractivity contribution in [2.75, 3.05) is 13.2 Å². The maximum Gasteiger partial charge on any atom is 0.273 e. The number of H-pyrrole nitrogens is 1. The molecule has 0 aliphatic carbocycles. The van der Waals surface area contributed by atoms with Gasteiger partial charge in [0.25, 0.3) is 5.91 Å². The van der Waals surface area contributed by atoms with Crippen LogP contribution in [0.2, 0.25) is 10.0 Å². The first-order valence-electron chi connectivity index (χ1n) is 10.1. The molecule has 0 saturated carbocycles. The molecular formula is C23H23Cl2N3O3. The molecule has 8 heteroatoms. The van der Waals surface area contributed by atoms with Gasteiger partial charge in [0.1, 0.15) is 17.1 Å². The van der Waals surface area contributed by atoms with Gasteiger partial charge in [-0.25, -0.2) is 0 Å². The molecule has 6 nitrogen and oxygen atoms in total. The summed E-state index contributed by atoms with van der Waals surface area (Å²) in [4.78, 5) is 15.1. The third-order valence-corrected chi connectivity index (χ3v) is 5.71. The van der Waals surface area contributed by atoms with Crippen LogP contribution in [0.4, 0.5) is 0 Å². The first kappa shape index (κ1) is 21.7. The Balaban J connectivity index is 1.78. The van der Waals surface area contributed by atoms with Gasteiger partial charge in [-0.3, -0.25) is 9.89 Å². The molecule has 0 spiro atoms. The van der Waals surface area contributed by atoms with E-state index in [0.29, 0.717) is 52.1 Å². The van der Waals surface area contributed by atoms with E-state index in [2.05, 4.69) is 10.2 Å². The molecule has 31 heavy (non-hydrogen) atoms. The molecule has 4 rings (SSSR count). The summed E-state index contributed by atoms with van der Waals surface area (Å²) in [6.07, 6.45) is 0.823. The average Bonchev–Trinajstić information content (AvgIpc) is 3.26. The van der Waals surface area contributed by atoms with Gasteiger partial charge in [0.2, 0.25) is 0 Å². The van der Waals surface area contributed by atoms with Crippen LogP contribution in [0.15, 0.2) is 42.5 Å². The van der Waals surface area contributed by atoms with Crippen LogP contribution >= 0.6 is 23.2 Å². The lowest BCUT2D eigenvalue weighted by Gasteiger charge is -2.26. The molecule has 0 radical (unpaired) electrons. The number of fused-ring (bicyclic) bond motifs is 1. The Kier molecular flexibility index (Phi) is 6.23. The standard InChI is InChI=1S/C23H23Cl2N3O3/c1-13(2)31-10-4-9-28-22(14-5-3-6-15(24)11-14)19-20(26-27-21(19)23(28)30)17-12-16(25)7-8-18(17)29/h3,5-8,11-13,22,29H,4,9-10H2,1-2H3,(H,26,27). The van der Waals surface area contributed by atoms with Crippen molar-refractivity contribution in [3.63, 3.8) is 0 Å². The van der Waals surface area contributed by atoms with Crippen LogP contribution in [0.25, 0.3) is 11.3 Å². The Morgan fingerprint density at radius 2 is 1.97 bits per heavy atom. The van der Waals surface area contributed by atoms with Gasteiger partial charge in [0.15, 0.2) is 0 Å². The topological polar surface area (TPSA) is 78.5 Å². The summed E-state index contributed by atoms with van der Waals surface area (Å²) in [7, 11) is 0. The Morgan fingerprint density at radius 3 is 2.71 bits per heavy atom. The Hall–Kier alpha value is -2.54. The third-order valence-electron chi connectivity index (χ3n) is 5.24. The number of halogens is 2. The maximum atomic E-state index is 13.3. The molecule has 1 atom stereocenters. The van der Waals surface area contributed by atoms with Crippen LogP contribution in [0, 0.1) is 0 Å². The van der Waals surface area contributed by atoms with Gasteiger partial charge >= 0.3 is 0 Å². The van der Waals surface area contributed by atoms with E-state index in [0.717, 1.165) is 5.56 Å². The van der Waals surface area contributed by atoms with Crippen molar-refractivity contribution >= 4 is 29.1 Å². The fourth-order valence-corrected chi connectivity index (χ4v) is 4.28. The molecule has 2 aromatic carbocycles. The minimum Gasteiger partial charge on any atom is -0.507 e. The number of benzene rings is 2. The molecule has 2 heterocycles. The van der Waals surface area contributed by atoms with Crippen LogP contribution in [0.5, 0.6) is 5.75 Å². The van der Waals surface area contributed by atoms with E-state index in [1.807, 2.05) is 32.0 Å². The summed E-state index contributed by atoms with van der Waals surface area (Å²) >= 11 is 12.4. The summed E-state index contributed by atoms with van der Waals surface area (Å²) in [5, 5.41) is 18.7. The number of nitrogens with one attached hydrogen (secondary N) is 1. The number of amides is 1. The van der Waals surface area contributed by atoms with Crippen molar-refractivity contribution in [2.24, 2.45) is 0 Å². The molecule has 1 unspecified atom stereocenters. The highest BCUT2D eigenvalue weighted by molar-refractivity contribution is 6.31. The monoisotopic (exact) mass is 459 g/mol. The highest BCUT2D eigenvalue weighted by atomic mass is 35.5. The Bertz CT molecular complexity index is 1110. The molecule has 3 aromatic rings. The lowest BCUT2D eigenvalue weighted by Crippen LogP contribution is -2.31. The summed E-state index contributed by atoms with van der Waals surface area (Å²) in [5.74, 6) is -0.107. The smallest absolute Gasteiger partial charge is 0.273 e. The minimum atomic E-state index is -0.396. The SMILES string of the molecule is CC(C)OCCCN1C(=O)c2[nH]nc(-c3cc(Cl)ccc3O)c2C1c1cccc(Cl)c1. The summed E-state index contributed by atoms with van der Waals surface area (Å²) in [5.41, 5.74) is 2.94. The molecule has 0 saturated heterocycles. The fraction of sp³-hybridized carbons (Fsp3) is 0.304. The number of aromatic hydroxyl groups is 1. The number of carbonyl (C=O) groups is 1. The second-order valence-electron chi connectivity index (χ2n) is 7.75. The Labute approximate surface area is 190 Å². The lowest BCUT2D eigenvalue weighted by atomic mass is 9.95. The lowest BCUT2D eigenvalue weighted by molar-refractivity contribution is 0.0601. The van der Waals surface area contributed by atoms with Crippen molar-refractivity contribution in [3.8, 4) is 17.0 Å². The van der Waals surface area contributed by atoms with Crippen molar-refractivity contribution in [2.45, 2.75) is 32.4 Å². The number of carbonyl (C=O) groups excluding carboxylic acids is 1. The highest BCUT2D eigenvalue weighted by Crippen LogP contribution is 2.45. The highest BCUT2D eigenvalue weighted by Gasteiger charge is 2.42. The van der Waals surface area contributed by atoms with Crippen LogP contribution < -0.4 is 0 Å². The zero-order valence-electron chi connectivity index (χ0n) is 17.2. The molecule has 162 valence electrons. The molecule has 0 fully saturated rings. The predicted octanol–water partition coefficient (Wildman–Crippen LogP) is 5.45. The number of phenols is 1. The van der Waals surface area contributed by atoms with Gasteiger partial charge < -0.3 is 14.7 Å². The quantitative estimate of drug-likeness (QED) is 0.460. The van der Waals surface area contributed by atoms with Crippen molar-refractivity contribution in [1.82, 2.24) is 15.1 Å². The molecule has 1 amide bonds. The summed E-state index contributed by atoms with van der Waals surface area (Å²) < 4.78 is 5.65. The number of nitrogens with zero attached hydrogens (tertiary/aromatic N) is 2. The first-order chi connectivity index (χ1) is 14.9. The number of ether oxygens (including phenoxy) is 1. The van der Waals surface area contributed by atoms with E-state index >= 15 is 0 Å². The Morgan fingerprint density at radius 1 is 1.19 bits per heavy atom. The van der Waals surface area contributed by atoms with Gasteiger partial charge in [-0.15, -0.1) is 0 Å². The van der Waals surface area contributed by atoms with Crippen molar-refractivity contribution < 1.29 is 14.6 Å². The number of phenolic OH excluding ortho intramolecular Hbond substituents is 1. The van der Waals surface area contributed by atoms with Gasteiger partial charge in [-0.2, -0.15) is 5.10 Å². The number of hydrogen-bond acceptors (Lipinski definition) is 4. The maximum absolute atomic E-state index is 13.3.